The smallest absolute Gasteiger partial charge is 0.253 e. The molecule has 2 rings (SSSR count). The highest BCUT2D eigenvalue weighted by atomic mass is 35.5. The van der Waals surface area contributed by atoms with Crippen LogP contribution in [0.3, 0.4) is 0 Å². The van der Waals surface area contributed by atoms with Gasteiger partial charge < -0.3 is 15.8 Å². The molecule has 3 N–H and O–H groups in total. The summed E-state index contributed by atoms with van der Waals surface area (Å²) in [4.78, 5) is 12.0. The van der Waals surface area contributed by atoms with Crippen molar-refractivity contribution in [3.63, 3.8) is 0 Å². The molecule has 0 aromatic heterocycles. The van der Waals surface area contributed by atoms with E-state index >= 15 is 0 Å². The number of ether oxygens (including phenoxy) is 1. The lowest BCUT2D eigenvalue weighted by atomic mass is 10.1. The Morgan fingerprint density at radius 3 is 2.94 bits per heavy atom. The Labute approximate surface area is 111 Å². The summed E-state index contributed by atoms with van der Waals surface area (Å²) in [5.41, 5.74) is 7.22. The minimum Gasteiger partial charge on any atom is -0.364 e. The number of hydrogen-bond acceptors (Lipinski definition) is 3. The fraction of sp³-hybridized carbons (Fsp3) is 0.462. The second-order valence-electron chi connectivity index (χ2n) is 4.51. The monoisotopic (exact) mass is 268 g/mol. The van der Waals surface area contributed by atoms with E-state index in [1.807, 2.05) is 13.0 Å². The van der Waals surface area contributed by atoms with Gasteiger partial charge >= 0.3 is 0 Å². The number of aryl methyl sites for hydroxylation is 1. The molecule has 4 nitrogen and oxygen atoms in total. The maximum Gasteiger partial charge on any atom is 0.253 e. The topological polar surface area (TPSA) is 64.4 Å². The molecule has 0 bridgehead atoms. The van der Waals surface area contributed by atoms with Gasteiger partial charge in [0.1, 0.15) is 6.10 Å². The molecule has 0 saturated carbocycles. The molecular formula is C13H17ClN2O2. The lowest BCUT2D eigenvalue weighted by Crippen LogP contribution is -2.30. The zero-order valence-electron chi connectivity index (χ0n) is 10.3. The minimum absolute atomic E-state index is 0.00654. The zero-order chi connectivity index (χ0) is 13.1. The Balaban J connectivity index is 1.99. The van der Waals surface area contributed by atoms with E-state index in [2.05, 4.69) is 5.32 Å². The van der Waals surface area contributed by atoms with Crippen molar-refractivity contribution < 1.29 is 9.53 Å². The van der Waals surface area contributed by atoms with E-state index in [1.165, 1.54) is 0 Å². The standard InChI is InChI=1S/C13H17ClN2O2/c1-8-6-9(14)2-4-11(8)16-13(17)12-5-3-10(7-15)18-12/h2,4,6,10,12H,3,5,7,15H2,1H3,(H,16,17). The van der Waals surface area contributed by atoms with Gasteiger partial charge in [-0.1, -0.05) is 11.6 Å². The number of benzene rings is 1. The normalized spacial score (nSPS) is 23.1. The second-order valence-corrected chi connectivity index (χ2v) is 4.94. The molecule has 1 aliphatic heterocycles. The van der Waals surface area contributed by atoms with Gasteiger partial charge in [0.25, 0.3) is 5.91 Å². The second kappa shape index (κ2) is 5.69. The Morgan fingerprint density at radius 1 is 1.56 bits per heavy atom. The highest BCUT2D eigenvalue weighted by Gasteiger charge is 2.29. The quantitative estimate of drug-likeness (QED) is 0.882. The summed E-state index contributed by atoms with van der Waals surface area (Å²) in [6.45, 7) is 2.36. The maximum atomic E-state index is 12.0. The first-order chi connectivity index (χ1) is 8.60. The van der Waals surface area contributed by atoms with Gasteiger partial charge in [0, 0.05) is 17.3 Å². The van der Waals surface area contributed by atoms with Gasteiger partial charge in [-0.15, -0.1) is 0 Å². The Morgan fingerprint density at radius 2 is 2.33 bits per heavy atom. The Kier molecular flexibility index (Phi) is 4.22. The molecule has 2 atom stereocenters. The van der Waals surface area contributed by atoms with Crippen LogP contribution in [0.4, 0.5) is 5.69 Å². The molecule has 0 spiro atoms. The maximum absolute atomic E-state index is 12.0. The number of amides is 1. The first kappa shape index (κ1) is 13.3. The summed E-state index contributed by atoms with van der Waals surface area (Å²) in [6.07, 6.45) is 1.18. The average Bonchev–Trinajstić information content (AvgIpc) is 2.81. The van der Waals surface area contributed by atoms with E-state index in [9.17, 15) is 4.79 Å². The number of nitrogens with one attached hydrogen (secondary N) is 1. The van der Waals surface area contributed by atoms with Crippen molar-refractivity contribution in [3.05, 3.63) is 28.8 Å². The van der Waals surface area contributed by atoms with Gasteiger partial charge in [0.05, 0.1) is 6.10 Å². The van der Waals surface area contributed by atoms with Gasteiger partial charge in [0.15, 0.2) is 0 Å². The molecule has 1 saturated heterocycles. The number of anilines is 1. The molecule has 2 unspecified atom stereocenters. The van der Waals surface area contributed by atoms with E-state index in [-0.39, 0.29) is 12.0 Å². The third-order valence-corrected chi connectivity index (χ3v) is 3.34. The minimum atomic E-state index is -0.395. The van der Waals surface area contributed by atoms with Crippen LogP contribution < -0.4 is 11.1 Å². The van der Waals surface area contributed by atoms with Crippen LogP contribution in [0.5, 0.6) is 0 Å². The van der Waals surface area contributed by atoms with Crippen LogP contribution in [0.1, 0.15) is 18.4 Å². The largest absolute Gasteiger partial charge is 0.364 e. The SMILES string of the molecule is Cc1cc(Cl)ccc1NC(=O)C1CCC(CN)O1. The molecule has 0 aliphatic carbocycles. The molecule has 1 fully saturated rings. The third kappa shape index (κ3) is 3.02. The number of halogens is 1. The number of carbonyl (C=O) groups is 1. The Hall–Kier alpha value is -1.10. The summed E-state index contributed by atoms with van der Waals surface area (Å²) in [7, 11) is 0. The van der Waals surface area contributed by atoms with E-state index in [0.717, 1.165) is 24.1 Å². The van der Waals surface area contributed by atoms with Crippen LogP contribution in [0, 0.1) is 6.92 Å². The number of carbonyl (C=O) groups excluding carboxylic acids is 1. The lowest BCUT2D eigenvalue weighted by molar-refractivity contribution is -0.126. The fourth-order valence-corrected chi connectivity index (χ4v) is 2.28. The molecule has 18 heavy (non-hydrogen) atoms. The summed E-state index contributed by atoms with van der Waals surface area (Å²) < 4.78 is 5.55. The van der Waals surface area contributed by atoms with Crippen molar-refractivity contribution in [3.8, 4) is 0 Å². The molecule has 5 heteroatoms. The van der Waals surface area contributed by atoms with Gasteiger partial charge in [-0.3, -0.25) is 4.79 Å². The number of rotatable bonds is 3. The average molecular weight is 269 g/mol. The van der Waals surface area contributed by atoms with E-state index in [1.54, 1.807) is 12.1 Å². The third-order valence-electron chi connectivity index (χ3n) is 3.11. The van der Waals surface area contributed by atoms with Crippen molar-refractivity contribution in [1.82, 2.24) is 0 Å². The molecule has 1 amide bonds. The van der Waals surface area contributed by atoms with E-state index in [4.69, 9.17) is 22.1 Å². The van der Waals surface area contributed by atoms with E-state index < -0.39 is 6.10 Å². The van der Waals surface area contributed by atoms with Gasteiger partial charge in [-0.05, 0) is 43.5 Å². The van der Waals surface area contributed by atoms with Crippen LogP contribution in [0.2, 0.25) is 5.02 Å². The fourth-order valence-electron chi connectivity index (χ4n) is 2.05. The van der Waals surface area contributed by atoms with Crippen LogP contribution in [0.15, 0.2) is 18.2 Å². The highest BCUT2D eigenvalue weighted by molar-refractivity contribution is 6.30. The molecule has 98 valence electrons. The van der Waals surface area contributed by atoms with Crippen molar-refractivity contribution in [1.29, 1.82) is 0 Å². The molecule has 1 aromatic carbocycles. The zero-order valence-corrected chi connectivity index (χ0v) is 11.0. The van der Waals surface area contributed by atoms with Gasteiger partial charge in [-0.25, -0.2) is 0 Å². The summed E-state index contributed by atoms with van der Waals surface area (Å²) >= 11 is 5.87. The number of hydrogen-bond donors (Lipinski definition) is 2. The lowest BCUT2D eigenvalue weighted by Gasteiger charge is -2.14. The van der Waals surface area contributed by atoms with Crippen LogP contribution >= 0.6 is 11.6 Å². The molecule has 0 radical (unpaired) electrons. The first-order valence-electron chi connectivity index (χ1n) is 6.02. The van der Waals surface area contributed by atoms with E-state index in [0.29, 0.717) is 11.6 Å². The number of nitrogens with two attached hydrogens (primary N) is 1. The van der Waals surface area contributed by atoms with Crippen LogP contribution in [-0.2, 0) is 9.53 Å². The Bertz CT molecular complexity index is 451. The molecule has 1 aliphatic rings. The van der Waals surface area contributed by atoms with Crippen molar-refractivity contribution >= 4 is 23.2 Å². The summed E-state index contributed by atoms with van der Waals surface area (Å²) in [5, 5.41) is 3.52. The first-order valence-corrected chi connectivity index (χ1v) is 6.40. The summed E-state index contributed by atoms with van der Waals surface area (Å²) in [6, 6.07) is 5.36. The van der Waals surface area contributed by atoms with Crippen LogP contribution in [0.25, 0.3) is 0 Å². The van der Waals surface area contributed by atoms with Gasteiger partial charge in [-0.2, -0.15) is 0 Å². The van der Waals surface area contributed by atoms with Crippen molar-refractivity contribution in [2.75, 3.05) is 11.9 Å². The molecule has 1 aromatic rings. The predicted octanol–water partition coefficient (Wildman–Crippen LogP) is 2.09. The molecular weight excluding hydrogens is 252 g/mol. The summed E-state index contributed by atoms with van der Waals surface area (Å²) in [5.74, 6) is -0.114. The molecule has 1 heterocycles. The predicted molar refractivity (Wildman–Crippen MR) is 71.8 cm³/mol. The van der Waals surface area contributed by atoms with Crippen molar-refractivity contribution in [2.24, 2.45) is 5.73 Å². The van der Waals surface area contributed by atoms with Crippen LogP contribution in [-0.4, -0.2) is 24.7 Å². The van der Waals surface area contributed by atoms with Crippen molar-refractivity contribution in [2.45, 2.75) is 32.0 Å². The van der Waals surface area contributed by atoms with Gasteiger partial charge in [0.2, 0.25) is 0 Å². The highest BCUT2D eigenvalue weighted by Crippen LogP contribution is 2.23.